The van der Waals surface area contributed by atoms with Crippen LogP contribution in [0.2, 0.25) is 0 Å². The van der Waals surface area contributed by atoms with Gasteiger partial charge < -0.3 is 19.3 Å². The Hall–Kier alpha value is -1.60. The fourth-order valence-corrected chi connectivity index (χ4v) is 3.07. The average molecular weight is 334 g/mol. The lowest BCUT2D eigenvalue weighted by Gasteiger charge is -2.35. The number of nitrogens with zero attached hydrogens (tertiary/aromatic N) is 2. The summed E-state index contributed by atoms with van der Waals surface area (Å²) in [6.07, 6.45) is 1.26. The first-order valence-electron chi connectivity index (χ1n) is 8.44. The first kappa shape index (κ1) is 17.2. The van der Waals surface area contributed by atoms with Crippen molar-refractivity contribution in [2.45, 2.75) is 12.6 Å². The molecule has 2 heterocycles. The van der Waals surface area contributed by atoms with Crippen molar-refractivity contribution in [1.82, 2.24) is 9.80 Å². The standard InChI is InChI=1S/C18H26N2O4/c1-2-9-22-13-16(21)12-20-7-5-19(6-8-20)11-15-3-4-17-18(10-15)24-14-23-17/h2-4,10,16,21H,1,5-9,11-14H2/t16-/m1/s1. The maximum absolute atomic E-state index is 9.98. The number of β-amino-alcohol motifs (C(OH)–C–C–N with tert-alkyl or cyclic N) is 1. The number of aliphatic hydroxyl groups excluding tert-OH is 1. The van der Waals surface area contributed by atoms with Gasteiger partial charge in [-0.1, -0.05) is 12.1 Å². The molecule has 24 heavy (non-hydrogen) atoms. The Morgan fingerprint density at radius 1 is 1.17 bits per heavy atom. The van der Waals surface area contributed by atoms with Crippen molar-refractivity contribution in [2.24, 2.45) is 0 Å². The van der Waals surface area contributed by atoms with Gasteiger partial charge in [-0.15, -0.1) is 6.58 Å². The normalized spacial score (nSPS) is 19.4. The molecule has 2 aliphatic rings. The minimum Gasteiger partial charge on any atom is -0.454 e. The maximum Gasteiger partial charge on any atom is 0.231 e. The summed E-state index contributed by atoms with van der Waals surface area (Å²) in [6, 6.07) is 6.14. The van der Waals surface area contributed by atoms with E-state index in [1.165, 1.54) is 5.56 Å². The van der Waals surface area contributed by atoms with Gasteiger partial charge in [0.05, 0.1) is 19.3 Å². The van der Waals surface area contributed by atoms with Crippen molar-refractivity contribution < 1.29 is 19.3 Å². The molecule has 132 valence electrons. The van der Waals surface area contributed by atoms with Crippen LogP contribution >= 0.6 is 0 Å². The maximum atomic E-state index is 9.98. The summed E-state index contributed by atoms with van der Waals surface area (Å²) >= 11 is 0. The van der Waals surface area contributed by atoms with Crippen LogP contribution in [0.4, 0.5) is 0 Å². The molecule has 6 heteroatoms. The van der Waals surface area contributed by atoms with Crippen molar-refractivity contribution in [3.8, 4) is 11.5 Å². The van der Waals surface area contributed by atoms with E-state index in [4.69, 9.17) is 14.2 Å². The number of fused-ring (bicyclic) bond motifs is 1. The highest BCUT2D eigenvalue weighted by molar-refractivity contribution is 5.44. The van der Waals surface area contributed by atoms with Crippen LogP contribution in [-0.2, 0) is 11.3 Å². The van der Waals surface area contributed by atoms with Crippen LogP contribution in [0.5, 0.6) is 11.5 Å². The molecule has 1 saturated heterocycles. The molecule has 6 nitrogen and oxygen atoms in total. The van der Waals surface area contributed by atoms with Crippen LogP contribution in [0, 0.1) is 0 Å². The molecule has 1 aromatic carbocycles. The number of hydrogen-bond donors (Lipinski definition) is 1. The molecule has 0 unspecified atom stereocenters. The third-order valence-electron chi connectivity index (χ3n) is 4.32. The van der Waals surface area contributed by atoms with Crippen molar-refractivity contribution in [2.75, 3.05) is 52.7 Å². The molecular formula is C18H26N2O4. The summed E-state index contributed by atoms with van der Waals surface area (Å²) in [5, 5.41) is 9.98. The van der Waals surface area contributed by atoms with Crippen LogP contribution in [0.1, 0.15) is 5.56 Å². The largest absolute Gasteiger partial charge is 0.454 e. The zero-order chi connectivity index (χ0) is 16.8. The van der Waals surface area contributed by atoms with E-state index < -0.39 is 6.10 Å². The second kappa shape index (κ2) is 8.48. The minimum absolute atomic E-state index is 0.316. The van der Waals surface area contributed by atoms with Gasteiger partial charge in [-0.2, -0.15) is 0 Å². The summed E-state index contributed by atoms with van der Waals surface area (Å²) < 4.78 is 16.1. The molecule has 3 rings (SSSR count). The molecule has 0 aliphatic carbocycles. The van der Waals surface area contributed by atoms with E-state index in [9.17, 15) is 5.11 Å². The molecule has 0 saturated carbocycles. The third kappa shape index (κ3) is 4.70. The highest BCUT2D eigenvalue weighted by Crippen LogP contribution is 2.32. The molecule has 1 atom stereocenters. The Morgan fingerprint density at radius 2 is 1.92 bits per heavy atom. The molecule has 0 spiro atoms. The molecule has 1 aromatic rings. The van der Waals surface area contributed by atoms with Crippen LogP contribution in [0.3, 0.4) is 0 Å². The van der Waals surface area contributed by atoms with Gasteiger partial charge in [-0.25, -0.2) is 0 Å². The Balaban J connectivity index is 1.40. The molecule has 0 bridgehead atoms. The quantitative estimate of drug-likeness (QED) is 0.567. The molecule has 2 aliphatic heterocycles. The number of piperazine rings is 1. The van der Waals surface area contributed by atoms with E-state index in [2.05, 4.69) is 28.5 Å². The van der Waals surface area contributed by atoms with Gasteiger partial charge >= 0.3 is 0 Å². The smallest absolute Gasteiger partial charge is 0.231 e. The highest BCUT2D eigenvalue weighted by atomic mass is 16.7. The zero-order valence-electron chi connectivity index (χ0n) is 14.0. The van der Waals surface area contributed by atoms with E-state index in [0.717, 1.165) is 44.2 Å². The molecule has 0 radical (unpaired) electrons. The summed E-state index contributed by atoms with van der Waals surface area (Å²) in [6.45, 7) is 10.3. The molecule has 0 amide bonds. The fraction of sp³-hybridized carbons (Fsp3) is 0.556. The topological polar surface area (TPSA) is 54.4 Å². The van der Waals surface area contributed by atoms with E-state index in [1.807, 2.05) is 6.07 Å². The number of ether oxygens (including phenoxy) is 3. The van der Waals surface area contributed by atoms with Gasteiger partial charge in [0.2, 0.25) is 6.79 Å². The number of rotatable bonds is 8. The SMILES string of the molecule is C=CCOC[C@H](O)CN1CCN(Cc2ccc3c(c2)OCO3)CC1. The van der Waals surface area contributed by atoms with Crippen LogP contribution in [0.25, 0.3) is 0 Å². The van der Waals surface area contributed by atoms with Crippen LogP contribution in [0.15, 0.2) is 30.9 Å². The second-order valence-electron chi connectivity index (χ2n) is 6.24. The predicted octanol–water partition coefficient (Wildman–Crippen LogP) is 1.10. The number of benzene rings is 1. The molecule has 1 fully saturated rings. The van der Waals surface area contributed by atoms with Gasteiger partial charge in [0, 0.05) is 39.3 Å². The van der Waals surface area contributed by atoms with Crippen molar-refractivity contribution in [3.05, 3.63) is 36.4 Å². The Labute approximate surface area is 143 Å². The monoisotopic (exact) mass is 334 g/mol. The number of hydrogen-bond acceptors (Lipinski definition) is 6. The highest BCUT2D eigenvalue weighted by Gasteiger charge is 2.20. The van der Waals surface area contributed by atoms with Crippen molar-refractivity contribution in [1.29, 1.82) is 0 Å². The van der Waals surface area contributed by atoms with Crippen molar-refractivity contribution in [3.63, 3.8) is 0 Å². The lowest BCUT2D eigenvalue weighted by atomic mass is 10.1. The third-order valence-corrected chi connectivity index (χ3v) is 4.32. The first-order chi connectivity index (χ1) is 11.7. The average Bonchev–Trinajstić information content (AvgIpc) is 3.05. The summed E-state index contributed by atoms with van der Waals surface area (Å²) in [4.78, 5) is 4.71. The van der Waals surface area contributed by atoms with E-state index >= 15 is 0 Å². The van der Waals surface area contributed by atoms with Crippen LogP contribution < -0.4 is 9.47 Å². The first-order valence-corrected chi connectivity index (χ1v) is 8.44. The summed E-state index contributed by atoms with van der Waals surface area (Å²) in [7, 11) is 0. The summed E-state index contributed by atoms with van der Waals surface area (Å²) in [5.41, 5.74) is 1.24. The Bertz CT molecular complexity index is 544. The lowest BCUT2D eigenvalue weighted by Crippen LogP contribution is -2.48. The van der Waals surface area contributed by atoms with Gasteiger partial charge in [0.1, 0.15) is 0 Å². The van der Waals surface area contributed by atoms with E-state index in [0.29, 0.717) is 26.6 Å². The van der Waals surface area contributed by atoms with E-state index in [1.54, 1.807) is 6.08 Å². The fourth-order valence-electron chi connectivity index (χ4n) is 3.07. The Kier molecular flexibility index (Phi) is 6.09. The minimum atomic E-state index is -0.439. The predicted molar refractivity (Wildman–Crippen MR) is 91.3 cm³/mol. The van der Waals surface area contributed by atoms with Gasteiger partial charge in [-0.05, 0) is 17.7 Å². The molecule has 1 N–H and O–H groups in total. The summed E-state index contributed by atoms with van der Waals surface area (Å²) in [5.74, 6) is 1.67. The van der Waals surface area contributed by atoms with Gasteiger partial charge in [0.25, 0.3) is 0 Å². The van der Waals surface area contributed by atoms with E-state index in [-0.39, 0.29) is 0 Å². The Morgan fingerprint density at radius 3 is 2.71 bits per heavy atom. The molecular weight excluding hydrogens is 308 g/mol. The molecule has 0 aromatic heterocycles. The van der Waals surface area contributed by atoms with Gasteiger partial charge in [-0.3, -0.25) is 9.80 Å². The number of aliphatic hydroxyl groups is 1. The van der Waals surface area contributed by atoms with Gasteiger partial charge in [0.15, 0.2) is 11.5 Å². The second-order valence-corrected chi connectivity index (χ2v) is 6.24. The zero-order valence-corrected chi connectivity index (χ0v) is 14.0. The lowest BCUT2D eigenvalue weighted by molar-refractivity contribution is 0.0142. The van der Waals surface area contributed by atoms with Crippen LogP contribution in [-0.4, -0.2) is 73.7 Å². The van der Waals surface area contributed by atoms with Crippen molar-refractivity contribution >= 4 is 0 Å².